The number of aryl methyl sites for hydroxylation is 1. The Hall–Kier alpha value is -1.69. The van der Waals surface area contributed by atoms with E-state index in [0.29, 0.717) is 17.9 Å². The molecule has 5 nitrogen and oxygen atoms in total. The van der Waals surface area contributed by atoms with Crippen molar-refractivity contribution < 1.29 is 14.7 Å². The Labute approximate surface area is 123 Å². The summed E-state index contributed by atoms with van der Waals surface area (Å²) in [6.45, 7) is 2.05. The maximum absolute atomic E-state index is 11.8. The van der Waals surface area contributed by atoms with E-state index in [4.69, 9.17) is 5.11 Å². The van der Waals surface area contributed by atoms with Gasteiger partial charge in [0.05, 0.1) is 0 Å². The van der Waals surface area contributed by atoms with Crippen molar-refractivity contribution in [2.24, 2.45) is 0 Å². The zero-order valence-electron chi connectivity index (χ0n) is 11.7. The van der Waals surface area contributed by atoms with Crippen LogP contribution in [0.4, 0.5) is 10.5 Å². The van der Waals surface area contributed by atoms with Crippen molar-refractivity contribution in [3.8, 4) is 0 Å². The standard InChI is InChI=1S/C14H20N2O3S/c1-3-10-4-6-11(7-5-10)15-14(19)16-12(13(17)18)8-9-20-2/h4-7,12H,3,8-9H2,1-2H3,(H,17,18)(H2,15,16,19). The van der Waals surface area contributed by atoms with Gasteiger partial charge < -0.3 is 15.7 Å². The highest BCUT2D eigenvalue weighted by Gasteiger charge is 2.19. The molecule has 1 rings (SSSR count). The number of carboxylic acids is 1. The number of carbonyl (C=O) groups excluding carboxylic acids is 1. The van der Waals surface area contributed by atoms with Crippen molar-refractivity contribution in [2.75, 3.05) is 17.3 Å². The zero-order chi connectivity index (χ0) is 15.0. The first-order valence-electron chi connectivity index (χ1n) is 6.45. The number of hydrogen-bond donors (Lipinski definition) is 3. The summed E-state index contributed by atoms with van der Waals surface area (Å²) in [4.78, 5) is 22.8. The van der Waals surface area contributed by atoms with Crippen LogP contribution in [0.1, 0.15) is 18.9 Å². The molecular weight excluding hydrogens is 276 g/mol. The Bertz CT molecular complexity index is 448. The van der Waals surface area contributed by atoms with Gasteiger partial charge in [-0.05, 0) is 42.5 Å². The number of nitrogens with one attached hydrogen (secondary N) is 2. The molecular formula is C14H20N2O3S. The first kappa shape index (κ1) is 16.4. The van der Waals surface area contributed by atoms with E-state index in [0.717, 1.165) is 6.42 Å². The van der Waals surface area contributed by atoms with Crippen LogP contribution in [0.25, 0.3) is 0 Å². The Kier molecular flexibility index (Phi) is 6.93. The average Bonchev–Trinajstić information content (AvgIpc) is 2.44. The summed E-state index contributed by atoms with van der Waals surface area (Å²) < 4.78 is 0. The van der Waals surface area contributed by atoms with Crippen LogP contribution in [0.3, 0.4) is 0 Å². The quantitative estimate of drug-likeness (QED) is 0.722. The van der Waals surface area contributed by atoms with E-state index in [1.807, 2.05) is 18.4 Å². The Balaban J connectivity index is 2.53. The molecule has 0 heterocycles. The van der Waals surface area contributed by atoms with Crippen molar-refractivity contribution >= 4 is 29.4 Å². The lowest BCUT2D eigenvalue weighted by Gasteiger charge is -2.14. The normalized spacial score (nSPS) is 11.7. The summed E-state index contributed by atoms with van der Waals surface area (Å²) in [7, 11) is 0. The molecule has 0 saturated carbocycles. The van der Waals surface area contributed by atoms with Crippen LogP contribution in [0.5, 0.6) is 0 Å². The number of rotatable bonds is 7. The van der Waals surface area contributed by atoms with Crippen LogP contribution >= 0.6 is 11.8 Å². The highest BCUT2D eigenvalue weighted by Crippen LogP contribution is 2.10. The molecule has 1 aromatic carbocycles. The number of hydrogen-bond acceptors (Lipinski definition) is 3. The molecule has 0 aromatic heterocycles. The van der Waals surface area contributed by atoms with Gasteiger partial charge in [-0.25, -0.2) is 9.59 Å². The summed E-state index contributed by atoms with van der Waals surface area (Å²) in [5, 5.41) is 14.1. The highest BCUT2D eigenvalue weighted by atomic mass is 32.2. The van der Waals surface area contributed by atoms with Crippen LogP contribution in [0.15, 0.2) is 24.3 Å². The molecule has 3 N–H and O–H groups in total. The van der Waals surface area contributed by atoms with E-state index in [1.54, 1.807) is 23.9 Å². The molecule has 0 aliphatic rings. The molecule has 0 spiro atoms. The molecule has 2 amide bonds. The van der Waals surface area contributed by atoms with E-state index < -0.39 is 18.0 Å². The van der Waals surface area contributed by atoms with Gasteiger partial charge in [-0.2, -0.15) is 11.8 Å². The SMILES string of the molecule is CCc1ccc(NC(=O)NC(CCSC)C(=O)O)cc1. The van der Waals surface area contributed by atoms with Crippen molar-refractivity contribution in [3.63, 3.8) is 0 Å². The lowest BCUT2D eigenvalue weighted by atomic mass is 10.1. The first-order chi connectivity index (χ1) is 9.56. The summed E-state index contributed by atoms with van der Waals surface area (Å²) in [5.41, 5.74) is 1.83. The highest BCUT2D eigenvalue weighted by molar-refractivity contribution is 7.98. The third-order valence-corrected chi connectivity index (χ3v) is 3.48. The molecule has 0 saturated heterocycles. The number of amides is 2. The van der Waals surface area contributed by atoms with Crippen molar-refractivity contribution in [1.29, 1.82) is 0 Å². The second-order valence-corrected chi connectivity index (χ2v) is 5.31. The minimum absolute atomic E-state index is 0.401. The van der Waals surface area contributed by atoms with Crippen molar-refractivity contribution in [3.05, 3.63) is 29.8 Å². The van der Waals surface area contributed by atoms with Crippen LogP contribution in [-0.4, -0.2) is 35.2 Å². The minimum Gasteiger partial charge on any atom is -0.480 e. The Morgan fingerprint density at radius 1 is 1.30 bits per heavy atom. The van der Waals surface area contributed by atoms with E-state index in [9.17, 15) is 9.59 Å². The number of benzene rings is 1. The van der Waals surface area contributed by atoms with Crippen molar-refractivity contribution in [1.82, 2.24) is 5.32 Å². The zero-order valence-corrected chi connectivity index (χ0v) is 12.5. The van der Waals surface area contributed by atoms with E-state index in [-0.39, 0.29) is 0 Å². The van der Waals surface area contributed by atoms with Gasteiger partial charge in [0.1, 0.15) is 6.04 Å². The summed E-state index contributed by atoms with van der Waals surface area (Å²) in [6.07, 6.45) is 3.23. The molecule has 1 atom stereocenters. The predicted octanol–water partition coefficient (Wildman–Crippen LogP) is 2.58. The van der Waals surface area contributed by atoms with Gasteiger partial charge in [0.25, 0.3) is 0 Å². The second kappa shape index (κ2) is 8.47. The van der Waals surface area contributed by atoms with Gasteiger partial charge in [-0.15, -0.1) is 0 Å². The van der Waals surface area contributed by atoms with Gasteiger partial charge in [0.15, 0.2) is 0 Å². The van der Waals surface area contributed by atoms with E-state index in [1.165, 1.54) is 5.56 Å². The number of carbonyl (C=O) groups is 2. The minimum atomic E-state index is -1.02. The van der Waals surface area contributed by atoms with E-state index >= 15 is 0 Å². The number of anilines is 1. The fourth-order valence-electron chi connectivity index (χ4n) is 1.64. The number of aliphatic carboxylic acids is 1. The largest absolute Gasteiger partial charge is 0.480 e. The lowest BCUT2D eigenvalue weighted by Crippen LogP contribution is -2.43. The summed E-state index contributed by atoms with van der Waals surface area (Å²) in [6, 6.07) is 6.10. The van der Waals surface area contributed by atoms with Gasteiger partial charge in [-0.1, -0.05) is 19.1 Å². The molecule has 0 aliphatic carbocycles. The average molecular weight is 296 g/mol. The van der Waals surface area contributed by atoms with Crippen molar-refractivity contribution in [2.45, 2.75) is 25.8 Å². The van der Waals surface area contributed by atoms with E-state index in [2.05, 4.69) is 17.6 Å². The smallest absolute Gasteiger partial charge is 0.326 e. The lowest BCUT2D eigenvalue weighted by molar-refractivity contribution is -0.139. The van der Waals surface area contributed by atoms with Gasteiger partial charge in [-0.3, -0.25) is 0 Å². The molecule has 0 fully saturated rings. The first-order valence-corrected chi connectivity index (χ1v) is 7.84. The fraction of sp³-hybridized carbons (Fsp3) is 0.429. The Morgan fingerprint density at radius 2 is 1.95 bits per heavy atom. The molecule has 6 heteroatoms. The van der Waals surface area contributed by atoms with Gasteiger partial charge in [0, 0.05) is 5.69 Å². The molecule has 1 unspecified atom stereocenters. The number of urea groups is 1. The maximum Gasteiger partial charge on any atom is 0.326 e. The molecule has 1 aromatic rings. The molecule has 0 aliphatic heterocycles. The predicted molar refractivity (Wildman–Crippen MR) is 82.4 cm³/mol. The second-order valence-electron chi connectivity index (χ2n) is 4.32. The topological polar surface area (TPSA) is 78.4 Å². The van der Waals surface area contributed by atoms with Crippen LogP contribution < -0.4 is 10.6 Å². The maximum atomic E-state index is 11.8. The Morgan fingerprint density at radius 3 is 2.45 bits per heavy atom. The third-order valence-electron chi connectivity index (χ3n) is 2.83. The van der Waals surface area contributed by atoms with Crippen LogP contribution in [0.2, 0.25) is 0 Å². The monoisotopic (exact) mass is 296 g/mol. The molecule has 0 bridgehead atoms. The summed E-state index contributed by atoms with van der Waals surface area (Å²) >= 11 is 1.55. The van der Waals surface area contributed by atoms with Crippen LogP contribution in [0, 0.1) is 0 Å². The van der Waals surface area contributed by atoms with Crippen LogP contribution in [-0.2, 0) is 11.2 Å². The molecule has 110 valence electrons. The van der Waals surface area contributed by atoms with Gasteiger partial charge in [0.2, 0.25) is 0 Å². The van der Waals surface area contributed by atoms with Gasteiger partial charge >= 0.3 is 12.0 Å². The number of thioether (sulfide) groups is 1. The fourth-order valence-corrected chi connectivity index (χ4v) is 2.11. The molecule has 0 radical (unpaired) electrons. The summed E-state index contributed by atoms with van der Waals surface area (Å²) in [5.74, 6) is -0.335. The third kappa shape index (κ3) is 5.52. The number of carboxylic acid groups (broad SMARTS) is 1. The molecule has 20 heavy (non-hydrogen) atoms.